The lowest BCUT2D eigenvalue weighted by atomic mass is 9.93. The third-order valence-corrected chi connectivity index (χ3v) is 2.62. The van der Waals surface area contributed by atoms with Gasteiger partial charge >= 0.3 is 0 Å². The molecule has 0 aliphatic rings. The first-order valence-corrected chi connectivity index (χ1v) is 7.01. The van der Waals surface area contributed by atoms with Crippen molar-refractivity contribution in [2.75, 3.05) is 26.4 Å². The molecule has 0 amide bonds. The molecule has 0 aromatic heterocycles. The molecule has 0 spiro atoms. The summed E-state index contributed by atoms with van der Waals surface area (Å²) in [5, 5.41) is 17.7. The number of hydrogen-bond acceptors (Lipinski definition) is 10. The zero-order valence-electron chi connectivity index (χ0n) is 8.38. The average molecular weight is 292 g/mol. The summed E-state index contributed by atoms with van der Waals surface area (Å²) in [7, 11) is -10.7. The Balaban J connectivity index is 4.56. The van der Waals surface area contributed by atoms with Crippen LogP contribution < -0.4 is 19.6 Å². The van der Waals surface area contributed by atoms with E-state index in [0.717, 1.165) is 0 Å². The van der Waals surface area contributed by atoms with Gasteiger partial charge in [-0.3, -0.25) is 0 Å². The minimum absolute atomic E-state index is 0.955. The molecule has 2 N–H and O–H groups in total. The summed E-state index contributed by atoms with van der Waals surface area (Å²) >= 11 is 0. The van der Waals surface area contributed by atoms with Crippen molar-refractivity contribution in [1.29, 1.82) is 0 Å². The summed E-state index contributed by atoms with van der Waals surface area (Å²) in [6.07, 6.45) is 0. The quantitative estimate of drug-likeness (QED) is 0.414. The monoisotopic (exact) mass is 292 g/mol. The Kier molecular flexibility index (Phi) is 6.40. The SMILES string of the molecule is O=P([O-])([O-])OCC(CO)(CO)COP(=O)([O-])[O-]. The molecule has 0 heterocycles. The summed E-state index contributed by atoms with van der Waals surface area (Å²) in [6, 6.07) is 0. The molecular formula is C5H10O10P2-4. The van der Waals surface area contributed by atoms with Gasteiger partial charge in [-0.15, -0.1) is 0 Å². The van der Waals surface area contributed by atoms with Gasteiger partial charge in [0.15, 0.2) is 0 Å². The van der Waals surface area contributed by atoms with Gasteiger partial charge in [-0.1, -0.05) is 0 Å². The maximum absolute atomic E-state index is 10.2. The molecule has 0 atom stereocenters. The highest BCUT2D eigenvalue weighted by atomic mass is 31.2. The molecule has 104 valence electrons. The van der Waals surface area contributed by atoms with Gasteiger partial charge in [0.05, 0.1) is 47.5 Å². The maximum atomic E-state index is 10.2. The van der Waals surface area contributed by atoms with Crippen molar-refractivity contribution in [2.24, 2.45) is 5.41 Å². The lowest BCUT2D eigenvalue weighted by Gasteiger charge is -2.38. The molecular weight excluding hydrogens is 282 g/mol. The predicted octanol–water partition coefficient (Wildman–Crippen LogP) is -4.35. The minimum Gasteiger partial charge on any atom is -0.790 e. The van der Waals surface area contributed by atoms with Gasteiger partial charge in [0.2, 0.25) is 0 Å². The van der Waals surface area contributed by atoms with Gasteiger partial charge in [0.25, 0.3) is 0 Å². The van der Waals surface area contributed by atoms with Gasteiger partial charge in [-0.2, -0.15) is 0 Å². The van der Waals surface area contributed by atoms with Crippen LogP contribution >= 0.6 is 15.6 Å². The standard InChI is InChI=1S/C5H14O10P2/c6-1-5(2-7,3-14-16(8,9)10)4-15-17(11,12)13/h6-7H,1-4H2,(H2,8,9,10)(H2,11,12,13)/p-4. The van der Waals surface area contributed by atoms with E-state index in [9.17, 15) is 28.7 Å². The van der Waals surface area contributed by atoms with Crippen LogP contribution in [0.5, 0.6) is 0 Å². The molecule has 0 rings (SSSR count). The number of phosphoric acid groups is 2. The van der Waals surface area contributed by atoms with E-state index in [2.05, 4.69) is 9.05 Å². The third kappa shape index (κ3) is 7.96. The second kappa shape index (κ2) is 6.35. The Morgan fingerprint density at radius 2 is 1.18 bits per heavy atom. The van der Waals surface area contributed by atoms with Gasteiger partial charge < -0.3 is 48.0 Å². The van der Waals surface area contributed by atoms with Gasteiger partial charge in [0, 0.05) is 0 Å². The number of hydrogen-bond donors (Lipinski definition) is 2. The second-order valence-corrected chi connectivity index (χ2v) is 5.56. The van der Waals surface area contributed by atoms with Crippen molar-refractivity contribution < 1.29 is 48.0 Å². The number of phosphoric ester groups is 2. The minimum atomic E-state index is -5.36. The lowest BCUT2D eigenvalue weighted by Crippen LogP contribution is -2.41. The molecule has 0 aromatic carbocycles. The molecule has 10 nitrogen and oxygen atoms in total. The Morgan fingerprint density at radius 1 is 0.882 bits per heavy atom. The predicted molar refractivity (Wildman–Crippen MR) is 43.7 cm³/mol. The van der Waals surface area contributed by atoms with Crippen LogP contribution in [-0.4, -0.2) is 36.6 Å². The third-order valence-electron chi connectivity index (χ3n) is 1.73. The van der Waals surface area contributed by atoms with Gasteiger partial charge in [-0.05, 0) is 0 Å². The summed E-state index contributed by atoms with van der Waals surface area (Å²) in [4.78, 5) is 40.7. The van der Waals surface area contributed by atoms with E-state index >= 15 is 0 Å². The molecule has 0 saturated heterocycles. The van der Waals surface area contributed by atoms with Crippen molar-refractivity contribution in [3.05, 3.63) is 0 Å². The molecule has 0 radical (unpaired) electrons. The number of aliphatic hydroxyl groups is 2. The zero-order chi connectivity index (χ0) is 13.7. The second-order valence-electron chi connectivity index (χ2n) is 3.26. The largest absolute Gasteiger partial charge is 0.790 e. The first-order valence-electron chi connectivity index (χ1n) is 4.08. The van der Waals surface area contributed by atoms with Crippen molar-refractivity contribution in [3.8, 4) is 0 Å². The fourth-order valence-electron chi connectivity index (χ4n) is 0.706. The summed E-state index contributed by atoms with van der Waals surface area (Å²) in [5.74, 6) is 0. The average Bonchev–Trinajstić information content (AvgIpc) is 2.16. The van der Waals surface area contributed by atoms with Gasteiger partial charge in [0.1, 0.15) is 0 Å². The molecule has 0 aliphatic heterocycles. The number of rotatable bonds is 8. The molecule has 0 bridgehead atoms. The van der Waals surface area contributed by atoms with E-state index in [1.54, 1.807) is 0 Å². The van der Waals surface area contributed by atoms with Crippen LogP contribution in [0.3, 0.4) is 0 Å². The summed E-state index contributed by atoms with van der Waals surface area (Å²) in [6.45, 7) is -3.93. The van der Waals surface area contributed by atoms with E-state index < -0.39 is 47.5 Å². The van der Waals surface area contributed by atoms with Crippen LogP contribution in [0.25, 0.3) is 0 Å². The molecule has 12 heteroatoms. The zero-order valence-corrected chi connectivity index (χ0v) is 10.2. The van der Waals surface area contributed by atoms with Crippen LogP contribution in [0.1, 0.15) is 0 Å². The Labute approximate surface area is 96.3 Å². The van der Waals surface area contributed by atoms with Gasteiger partial charge in [-0.25, -0.2) is 0 Å². The highest BCUT2D eigenvalue weighted by Gasteiger charge is 2.30. The molecule has 0 fully saturated rings. The van der Waals surface area contributed by atoms with E-state index in [4.69, 9.17) is 10.2 Å². The van der Waals surface area contributed by atoms with Crippen LogP contribution in [0.4, 0.5) is 0 Å². The fourth-order valence-corrected chi connectivity index (χ4v) is 1.57. The Bertz CT molecular complexity index is 285. The van der Waals surface area contributed by atoms with Crippen molar-refractivity contribution in [2.45, 2.75) is 0 Å². The lowest BCUT2D eigenvalue weighted by molar-refractivity contribution is -0.345. The molecule has 17 heavy (non-hydrogen) atoms. The smallest absolute Gasteiger partial charge is 0.0641 e. The highest BCUT2D eigenvalue weighted by molar-refractivity contribution is 7.43. The van der Waals surface area contributed by atoms with E-state index in [0.29, 0.717) is 0 Å². The highest BCUT2D eigenvalue weighted by Crippen LogP contribution is 2.33. The van der Waals surface area contributed by atoms with Crippen molar-refractivity contribution >= 4 is 15.6 Å². The molecule has 0 saturated carbocycles. The Morgan fingerprint density at radius 3 is 1.35 bits per heavy atom. The molecule has 0 aromatic rings. The van der Waals surface area contributed by atoms with E-state index in [1.807, 2.05) is 0 Å². The first kappa shape index (κ1) is 17.1. The Hall–Kier alpha value is 0.140. The molecule has 0 aliphatic carbocycles. The number of aliphatic hydroxyl groups excluding tert-OH is 2. The van der Waals surface area contributed by atoms with Crippen molar-refractivity contribution in [3.63, 3.8) is 0 Å². The maximum Gasteiger partial charge on any atom is 0.0641 e. The summed E-state index contributed by atoms with van der Waals surface area (Å²) < 4.78 is 27.9. The van der Waals surface area contributed by atoms with E-state index in [1.165, 1.54) is 0 Å². The fraction of sp³-hybridized carbons (Fsp3) is 1.00. The van der Waals surface area contributed by atoms with Crippen LogP contribution in [0, 0.1) is 5.41 Å². The van der Waals surface area contributed by atoms with Crippen LogP contribution in [0.15, 0.2) is 0 Å². The van der Waals surface area contributed by atoms with Crippen molar-refractivity contribution in [1.82, 2.24) is 0 Å². The van der Waals surface area contributed by atoms with Crippen LogP contribution in [-0.2, 0) is 18.2 Å². The molecule has 0 unspecified atom stereocenters. The first-order chi connectivity index (χ1) is 7.54. The van der Waals surface area contributed by atoms with E-state index in [-0.39, 0.29) is 0 Å². The summed E-state index contributed by atoms with van der Waals surface area (Å²) in [5.41, 5.74) is -1.88. The van der Waals surface area contributed by atoms with Crippen LogP contribution in [0.2, 0.25) is 0 Å². The normalized spacial score (nSPS) is 14.0. The topological polar surface area (TPSA) is 185 Å².